The third kappa shape index (κ3) is 4.99. The van der Waals surface area contributed by atoms with E-state index in [1.54, 1.807) is 6.92 Å². The fraction of sp³-hybridized carbons (Fsp3) is 0.462. The highest BCUT2D eigenvalue weighted by Crippen LogP contribution is 2.04. The zero-order valence-corrected chi connectivity index (χ0v) is 12.2. The second-order valence-electron chi connectivity index (χ2n) is 4.63. The number of esters is 1. The lowest BCUT2D eigenvalue weighted by atomic mass is 10.2. The standard InChI is InChI=1S/C13H21NO3Si/c1-10(15)12(14-18(2)3)13(16)17-9-11-7-5-4-6-8-11/h4-8,10,12,14-15,18H,9H2,1-3H3. The van der Waals surface area contributed by atoms with Gasteiger partial charge in [0, 0.05) is 0 Å². The first-order chi connectivity index (χ1) is 8.50. The van der Waals surface area contributed by atoms with E-state index in [1.807, 2.05) is 30.3 Å². The Labute approximate surface area is 110 Å². The number of hydrogen-bond donors (Lipinski definition) is 2. The summed E-state index contributed by atoms with van der Waals surface area (Å²) >= 11 is 0. The third-order valence-electron chi connectivity index (χ3n) is 2.47. The molecule has 0 spiro atoms. The van der Waals surface area contributed by atoms with Gasteiger partial charge < -0.3 is 14.8 Å². The van der Waals surface area contributed by atoms with E-state index in [1.165, 1.54) is 0 Å². The van der Waals surface area contributed by atoms with E-state index in [4.69, 9.17) is 4.74 Å². The molecule has 100 valence electrons. The maximum Gasteiger partial charge on any atom is 0.325 e. The molecule has 0 aliphatic carbocycles. The van der Waals surface area contributed by atoms with E-state index in [0.29, 0.717) is 0 Å². The van der Waals surface area contributed by atoms with Crippen LogP contribution in [0, 0.1) is 0 Å². The van der Waals surface area contributed by atoms with Crippen molar-refractivity contribution in [3.63, 3.8) is 0 Å². The highest BCUT2D eigenvalue weighted by molar-refractivity contribution is 6.53. The zero-order valence-electron chi connectivity index (χ0n) is 11.1. The Kier molecular flexibility index (Phi) is 6.04. The van der Waals surface area contributed by atoms with Crippen molar-refractivity contribution in [3.05, 3.63) is 35.9 Å². The second-order valence-corrected chi connectivity index (χ2v) is 7.28. The summed E-state index contributed by atoms with van der Waals surface area (Å²) in [7, 11) is -1.15. The van der Waals surface area contributed by atoms with Crippen molar-refractivity contribution in [1.29, 1.82) is 0 Å². The average molecular weight is 267 g/mol. The molecule has 2 unspecified atom stereocenters. The fourth-order valence-electron chi connectivity index (χ4n) is 1.58. The minimum atomic E-state index is -1.15. The number of rotatable bonds is 6. The molecule has 1 aromatic carbocycles. The van der Waals surface area contributed by atoms with Gasteiger partial charge in [0.25, 0.3) is 0 Å². The molecule has 5 heteroatoms. The van der Waals surface area contributed by atoms with Crippen LogP contribution in [-0.2, 0) is 16.1 Å². The molecule has 2 N–H and O–H groups in total. The van der Waals surface area contributed by atoms with Gasteiger partial charge in [0.15, 0.2) is 0 Å². The largest absolute Gasteiger partial charge is 0.460 e. The molecule has 0 heterocycles. The van der Waals surface area contributed by atoms with Gasteiger partial charge >= 0.3 is 5.97 Å². The lowest BCUT2D eigenvalue weighted by molar-refractivity contribution is -0.149. The maximum absolute atomic E-state index is 11.9. The average Bonchev–Trinajstić information content (AvgIpc) is 2.34. The van der Waals surface area contributed by atoms with E-state index in [-0.39, 0.29) is 6.61 Å². The van der Waals surface area contributed by atoms with Gasteiger partial charge in [-0.1, -0.05) is 43.4 Å². The quantitative estimate of drug-likeness (QED) is 0.597. The minimum absolute atomic E-state index is 0.240. The van der Waals surface area contributed by atoms with Gasteiger partial charge in [0.05, 0.1) is 6.10 Å². The van der Waals surface area contributed by atoms with Crippen LogP contribution in [0.3, 0.4) is 0 Å². The minimum Gasteiger partial charge on any atom is -0.460 e. The van der Waals surface area contributed by atoms with Crippen LogP contribution in [0.1, 0.15) is 12.5 Å². The number of nitrogens with one attached hydrogen (secondary N) is 1. The molecular weight excluding hydrogens is 246 g/mol. The van der Waals surface area contributed by atoms with Crippen LogP contribution in [0.5, 0.6) is 0 Å². The van der Waals surface area contributed by atoms with Crippen molar-refractivity contribution in [2.45, 2.75) is 38.8 Å². The smallest absolute Gasteiger partial charge is 0.325 e. The first-order valence-electron chi connectivity index (χ1n) is 6.15. The number of aliphatic hydroxyl groups excluding tert-OH is 1. The molecule has 0 bridgehead atoms. The topological polar surface area (TPSA) is 58.6 Å². The van der Waals surface area contributed by atoms with E-state index in [9.17, 15) is 9.90 Å². The Morgan fingerprint density at radius 1 is 1.39 bits per heavy atom. The summed E-state index contributed by atoms with van der Waals surface area (Å²) < 4.78 is 5.21. The van der Waals surface area contributed by atoms with E-state index < -0.39 is 27.1 Å². The highest BCUT2D eigenvalue weighted by Gasteiger charge is 2.25. The Bertz CT molecular complexity index is 368. The summed E-state index contributed by atoms with van der Waals surface area (Å²) in [6, 6.07) is 8.88. The number of benzene rings is 1. The predicted molar refractivity (Wildman–Crippen MR) is 73.7 cm³/mol. The summed E-state index contributed by atoms with van der Waals surface area (Å²) in [6.45, 7) is 5.95. The monoisotopic (exact) mass is 267 g/mol. The molecule has 1 aromatic rings. The van der Waals surface area contributed by atoms with E-state index >= 15 is 0 Å². The van der Waals surface area contributed by atoms with Crippen molar-refractivity contribution in [3.8, 4) is 0 Å². The second kappa shape index (κ2) is 7.30. The summed E-state index contributed by atoms with van der Waals surface area (Å²) in [4.78, 5) is 15.0. The van der Waals surface area contributed by atoms with Gasteiger partial charge in [-0.3, -0.25) is 4.79 Å². The summed E-state index contributed by atoms with van der Waals surface area (Å²) in [6.07, 6.45) is -0.747. The maximum atomic E-state index is 11.9. The van der Waals surface area contributed by atoms with Crippen LogP contribution >= 0.6 is 0 Å². The van der Waals surface area contributed by atoms with E-state index in [0.717, 1.165) is 5.56 Å². The lowest BCUT2D eigenvalue weighted by Gasteiger charge is -2.21. The van der Waals surface area contributed by atoms with Crippen LogP contribution in [-0.4, -0.2) is 32.2 Å². The van der Waals surface area contributed by atoms with Gasteiger partial charge in [0.1, 0.15) is 21.6 Å². The SMILES string of the molecule is CC(O)C(N[SiH](C)C)C(=O)OCc1ccccc1. The number of carbonyl (C=O) groups excluding carboxylic acids is 1. The first-order valence-corrected chi connectivity index (χ1v) is 9.04. The van der Waals surface area contributed by atoms with Crippen molar-refractivity contribution >= 4 is 14.9 Å². The van der Waals surface area contributed by atoms with Gasteiger partial charge in [0.2, 0.25) is 0 Å². The lowest BCUT2D eigenvalue weighted by Crippen LogP contribution is -2.50. The molecule has 1 rings (SSSR count). The Morgan fingerprint density at radius 2 is 2.00 bits per heavy atom. The fourth-order valence-corrected chi connectivity index (χ4v) is 2.71. The molecule has 0 saturated heterocycles. The van der Waals surface area contributed by atoms with Crippen molar-refractivity contribution in [1.82, 2.24) is 4.98 Å². The normalized spacial score (nSPS) is 14.3. The van der Waals surface area contributed by atoms with Gasteiger partial charge in [-0.2, -0.15) is 0 Å². The zero-order chi connectivity index (χ0) is 13.5. The third-order valence-corrected chi connectivity index (χ3v) is 3.50. The molecule has 0 aliphatic rings. The number of aliphatic hydroxyl groups is 1. The molecule has 0 aliphatic heterocycles. The Morgan fingerprint density at radius 3 is 2.50 bits per heavy atom. The summed E-state index contributed by atoms with van der Waals surface area (Å²) in [5.41, 5.74) is 0.942. The molecule has 0 aromatic heterocycles. The van der Waals surface area contributed by atoms with Gasteiger partial charge in [-0.25, -0.2) is 0 Å². The van der Waals surface area contributed by atoms with Crippen LogP contribution in [0.2, 0.25) is 13.1 Å². The molecule has 4 nitrogen and oxygen atoms in total. The molecule has 0 radical (unpaired) electrons. The molecule has 0 fully saturated rings. The first kappa shape index (κ1) is 14.9. The van der Waals surface area contributed by atoms with Gasteiger partial charge in [-0.05, 0) is 12.5 Å². The van der Waals surface area contributed by atoms with Crippen LogP contribution in [0.25, 0.3) is 0 Å². The van der Waals surface area contributed by atoms with Gasteiger partial charge in [-0.15, -0.1) is 0 Å². The van der Waals surface area contributed by atoms with Crippen molar-refractivity contribution in [2.24, 2.45) is 0 Å². The van der Waals surface area contributed by atoms with Crippen LogP contribution < -0.4 is 4.98 Å². The molecule has 0 amide bonds. The summed E-state index contributed by atoms with van der Waals surface area (Å²) in [5.74, 6) is -0.393. The number of hydrogen-bond acceptors (Lipinski definition) is 4. The Hall–Kier alpha value is -1.17. The van der Waals surface area contributed by atoms with Crippen molar-refractivity contribution < 1.29 is 14.6 Å². The molecular formula is C13H21NO3Si. The molecule has 0 saturated carbocycles. The van der Waals surface area contributed by atoms with E-state index in [2.05, 4.69) is 18.1 Å². The molecule has 18 heavy (non-hydrogen) atoms. The van der Waals surface area contributed by atoms with Crippen molar-refractivity contribution in [2.75, 3.05) is 0 Å². The number of carbonyl (C=O) groups is 1. The molecule has 2 atom stereocenters. The van der Waals surface area contributed by atoms with Crippen LogP contribution in [0.15, 0.2) is 30.3 Å². The van der Waals surface area contributed by atoms with Crippen LogP contribution in [0.4, 0.5) is 0 Å². The number of ether oxygens (including phenoxy) is 1. The Balaban J connectivity index is 2.52. The summed E-state index contributed by atoms with van der Waals surface area (Å²) in [5, 5.41) is 9.59. The predicted octanol–water partition coefficient (Wildman–Crippen LogP) is 1.05. The highest BCUT2D eigenvalue weighted by atomic mass is 28.3.